The molecule has 2 saturated heterocycles. The van der Waals surface area contributed by atoms with Crippen molar-refractivity contribution in [2.75, 3.05) is 60.2 Å². The molecule has 0 spiro atoms. The van der Waals surface area contributed by atoms with Crippen LogP contribution in [-0.4, -0.2) is 121 Å². The zero-order chi connectivity index (χ0) is 49.5. The van der Waals surface area contributed by atoms with E-state index < -0.39 is 0 Å². The lowest BCUT2D eigenvalue weighted by Crippen LogP contribution is -2.42. The number of methoxy groups -OCH3 is 2. The summed E-state index contributed by atoms with van der Waals surface area (Å²) in [5.41, 5.74) is 8.96. The first-order chi connectivity index (χ1) is 33.4. The molecule has 0 atom stereocenters. The number of fused-ring (bicyclic) bond motifs is 2. The van der Waals surface area contributed by atoms with Gasteiger partial charge in [-0.05, 0) is 75.6 Å². The first-order valence-electron chi connectivity index (χ1n) is 24.1. The Bertz CT molecular complexity index is 2720. The SMILES string of the molecule is CCCn1c2c(c(=O)n(CCCN3CCCC3=O)c1=O)CC(c1ccc(CCCOC)nc1)=N2.CCCn1c2c(c(=O)n(CCCN3CCCC3=O)c1=O)CC(c1ccc(Cl)nc1)=N2.COCCN. The second kappa shape index (κ2) is 25.6. The van der Waals surface area contributed by atoms with Gasteiger partial charge in [0.25, 0.3) is 11.1 Å². The van der Waals surface area contributed by atoms with Crippen LogP contribution in [0.5, 0.6) is 0 Å². The Labute approximate surface area is 406 Å². The minimum atomic E-state index is -0.340. The summed E-state index contributed by atoms with van der Waals surface area (Å²) in [5.74, 6) is 1.22. The van der Waals surface area contributed by atoms with Crippen molar-refractivity contribution in [2.45, 2.75) is 117 Å². The lowest BCUT2D eigenvalue weighted by molar-refractivity contribution is -0.128. The average molecular weight is 973 g/mol. The summed E-state index contributed by atoms with van der Waals surface area (Å²) in [6, 6.07) is 7.45. The Morgan fingerprint density at radius 1 is 0.609 bits per heavy atom. The lowest BCUT2D eigenvalue weighted by Gasteiger charge is -2.17. The summed E-state index contributed by atoms with van der Waals surface area (Å²) in [4.78, 5) is 97.9. The smallest absolute Gasteiger partial charge is 0.332 e. The zero-order valence-electron chi connectivity index (χ0n) is 40.4. The maximum Gasteiger partial charge on any atom is 0.332 e. The maximum absolute atomic E-state index is 13.3. The van der Waals surface area contributed by atoms with E-state index in [2.05, 4.69) is 19.7 Å². The van der Waals surface area contributed by atoms with Crippen LogP contribution in [0.1, 0.15) is 99.6 Å². The Balaban J connectivity index is 0.000000208. The molecule has 2 fully saturated rings. The Morgan fingerprint density at radius 2 is 1.10 bits per heavy atom. The molecule has 20 heteroatoms. The van der Waals surface area contributed by atoms with Crippen LogP contribution in [0.4, 0.5) is 11.6 Å². The number of halogens is 1. The van der Waals surface area contributed by atoms with Gasteiger partial charge in [-0.25, -0.2) is 24.6 Å². The van der Waals surface area contributed by atoms with Gasteiger partial charge in [-0.15, -0.1) is 0 Å². The number of aromatic nitrogens is 6. The highest BCUT2D eigenvalue weighted by atomic mass is 35.5. The molecule has 0 aromatic carbocycles. The number of carbonyl (C=O) groups excluding carboxylic acids is 2. The van der Waals surface area contributed by atoms with Gasteiger partial charge in [0.2, 0.25) is 11.8 Å². The summed E-state index contributed by atoms with van der Waals surface area (Å²) < 4.78 is 15.5. The number of likely N-dealkylation sites (tertiary alicyclic amines) is 2. The van der Waals surface area contributed by atoms with Crippen molar-refractivity contribution < 1.29 is 19.1 Å². The average Bonchev–Trinajstić information content (AvgIpc) is 4.18. The molecule has 0 bridgehead atoms. The minimum Gasteiger partial charge on any atom is -0.385 e. The maximum atomic E-state index is 13.3. The summed E-state index contributed by atoms with van der Waals surface area (Å²) in [5, 5.41) is 0.386. The fourth-order valence-electron chi connectivity index (χ4n) is 8.83. The van der Waals surface area contributed by atoms with Crippen LogP contribution in [0.3, 0.4) is 0 Å². The molecule has 2 amide bonds. The standard InChI is InChI=1S/C25H33N5O4.C21H24ClN5O3.C3H9NO/c1-3-11-29-23-20(16-21(27-23)18-9-10-19(26-17-18)7-5-15-34-2)24(32)30(25(29)33)14-6-13-28-12-4-8-22(28)31;1-2-8-26-19-15(12-16(24-19)14-6-7-17(22)23-13-14)20(29)27(21(26)30)11-4-10-25-9-3-5-18(25)28;1-5-3-2-4/h9-10,17H,3-8,11-16H2,1-2H3;6-7,13H,2-5,8-12H2,1H3;2-4H2,1H3. The highest BCUT2D eigenvalue weighted by Crippen LogP contribution is 2.27. The number of hydrogen-bond donors (Lipinski definition) is 1. The molecule has 0 radical (unpaired) electrons. The molecule has 372 valence electrons. The second-order valence-corrected chi connectivity index (χ2v) is 17.7. The summed E-state index contributed by atoms with van der Waals surface area (Å²) in [7, 11) is 3.32. The van der Waals surface area contributed by atoms with Crippen LogP contribution < -0.4 is 28.2 Å². The van der Waals surface area contributed by atoms with Crippen molar-refractivity contribution >= 4 is 46.5 Å². The number of nitrogens with two attached hydrogens (primary N) is 1. The number of carbonyl (C=O) groups is 2. The third-order valence-corrected chi connectivity index (χ3v) is 12.6. The number of ether oxygens (including phenoxy) is 2. The van der Waals surface area contributed by atoms with E-state index in [1.165, 1.54) is 9.13 Å². The lowest BCUT2D eigenvalue weighted by atomic mass is 10.1. The summed E-state index contributed by atoms with van der Waals surface area (Å²) >= 11 is 5.87. The van der Waals surface area contributed by atoms with Crippen molar-refractivity contribution in [3.63, 3.8) is 0 Å². The van der Waals surface area contributed by atoms with Crippen LogP contribution in [0.2, 0.25) is 5.15 Å². The molecule has 19 nitrogen and oxygen atoms in total. The molecular weight excluding hydrogens is 906 g/mol. The van der Waals surface area contributed by atoms with E-state index in [4.69, 9.17) is 27.1 Å². The predicted octanol–water partition coefficient (Wildman–Crippen LogP) is 3.83. The molecular formula is C49H66ClN11O8. The number of nitrogens with zero attached hydrogens (tertiary/aromatic N) is 10. The zero-order valence-corrected chi connectivity index (χ0v) is 41.2. The normalized spacial score (nSPS) is 14.9. The molecule has 4 aliphatic heterocycles. The Morgan fingerprint density at radius 3 is 1.48 bits per heavy atom. The minimum absolute atomic E-state index is 0.148. The number of pyridine rings is 2. The number of aliphatic imine (C=N–C) groups is 2. The molecule has 8 rings (SSSR count). The van der Waals surface area contributed by atoms with E-state index in [0.29, 0.717) is 125 Å². The second-order valence-electron chi connectivity index (χ2n) is 17.3. The van der Waals surface area contributed by atoms with Crippen molar-refractivity contribution in [1.82, 2.24) is 38.0 Å². The van der Waals surface area contributed by atoms with E-state index in [1.807, 2.05) is 36.9 Å². The number of hydrogen-bond acceptors (Lipinski definition) is 13. The van der Waals surface area contributed by atoms with Crippen LogP contribution in [0, 0.1) is 0 Å². The number of rotatable bonds is 20. The topological polar surface area (TPSA) is 224 Å². The Hall–Kier alpha value is -5.89. The highest BCUT2D eigenvalue weighted by molar-refractivity contribution is 6.29. The quantitative estimate of drug-likeness (QED) is 0.0990. The van der Waals surface area contributed by atoms with Crippen molar-refractivity contribution in [3.8, 4) is 0 Å². The van der Waals surface area contributed by atoms with Gasteiger partial charge < -0.3 is 25.0 Å². The molecule has 2 N–H and O–H groups in total. The molecule has 0 aliphatic carbocycles. The van der Waals surface area contributed by atoms with E-state index in [0.717, 1.165) is 74.1 Å². The molecule has 4 aromatic heterocycles. The van der Waals surface area contributed by atoms with E-state index in [1.54, 1.807) is 46.7 Å². The fraction of sp³-hybridized carbons (Fsp3) is 0.551. The largest absolute Gasteiger partial charge is 0.385 e. The van der Waals surface area contributed by atoms with Gasteiger partial charge in [-0.3, -0.25) is 42.4 Å². The van der Waals surface area contributed by atoms with Crippen molar-refractivity contribution in [2.24, 2.45) is 15.7 Å². The molecule has 69 heavy (non-hydrogen) atoms. The van der Waals surface area contributed by atoms with Crippen LogP contribution in [0.25, 0.3) is 0 Å². The van der Waals surface area contributed by atoms with E-state index >= 15 is 0 Å². The molecule has 0 unspecified atom stereocenters. The third kappa shape index (κ3) is 13.1. The summed E-state index contributed by atoms with van der Waals surface area (Å²) in [6.07, 6.45) is 11.5. The monoisotopic (exact) mass is 971 g/mol. The van der Waals surface area contributed by atoms with Gasteiger partial charge in [0.15, 0.2) is 0 Å². The fourth-order valence-corrected chi connectivity index (χ4v) is 8.94. The highest BCUT2D eigenvalue weighted by Gasteiger charge is 2.28. The predicted molar refractivity (Wildman–Crippen MR) is 266 cm³/mol. The molecule has 4 aromatic rings. The molecule has 8 heterocycles. The van der Waals surface area contributed by atoms with E-state index in [9.17, 15) is 28.8 Å². The van der Waals surface area contributed by atoms with Gasteiger partial charge in [-0.2, -0.15) is 0 Å². The first-order valence-corrected chi connectivity index (χ1v) is 24.5. The van der Waals surface area contributed by atoms with Gasteiger partial charge in [-0.1, -0.05) is 25.4 Å². The first kappa shape index (κ1) is 52.5. The Kier molecular flexibility index (Phi) is 19.5. The van der Waals surface area contributed by atoms with Crippen LogP contribution in [-0.2, 0) is 64.5 Å². The summed E-state index contributed by atoms with van der Waals surface area (Å²) in [6.45, 7) is 10.2. The van der Waals surface area contributed by atoms with Crippen molar-refractivity contribution in [1.29, 1.82) is 0 Å². The number of amides is 2. The number of aryl methyl sites for hydroxylation is 1. The van der Waals surface area contributed by atoms with Gasteiger partial charge >= 0.3 is 11.4 Å². The van der Waals surface area contributed by atoms with E-state index in [-0.39, 0.29) is 40.9 Å². The molecule has 0 saturated carbocycles. The third-order valence-electron chi connectivity index (χ3n) is 12.3. The van der Waals surface area contributed by atoms with Gasteiger partial charge in [0, 0.05) is 135 Å². The van der Waals surface area contributed by atoms with Crippen LogP contribution in [0.15, 0.2) is 65.8 Å². The van der Waals surface area contributed by atoms with Crippen molar-refractivity contribution in [3.05, 3.63) is 111 Å². The van der Waals surface area contributed by atoms with Gasteiger partial charge in [0.1, 0.15) is 16.8 Å². The molecule has 4 aliphatic rings. The van der Waals surface area contributed by atoms with Gasteiger partial charge in [0.05, 0.1) is 29.2 Å². The van der Waals surface area contributed by atoms with Crippen LogP contribution >= 0.6 is 11.6 Å².